The number of rotatable bonds is 2. The number of hydrogen-bond donors (Lipinski definition) is 1. The second-order valence-electron chi connectivity index (χ2n) is 6.24. The monoisotopic (exact) mass is 376 g/mol. The molecule has 1 amide bonds. The second kappa shape index (κ2) is 7.49. The molecule has 0 saturated carbocycles. The number of carbonyl (C=O) groups is 1. The van der Waals surface area contributed by atoms with Crippen molar-refractivity contribution >= 4 is 6.09 Å². The first-order valence-electron chi connectivity index (χ1n) is 8.54. The highest BCUT2D eigenvalue weighted by Crippen LogP contribution is 2.37. The van der Waals surface area contributed by atoms with Crippen LogP contribution in [0, 0.1) is 23.5 Å². The van der Waals surface area contributed by atoms with Crippen molar-refractivity contribution in [3.8, 4) is 11.8 Å². The van der Waals surface area contributed by atoms with Crippen molar-refractivity contribution in [1.29, 1.82) is 0 Å². The summed E-state index contributed by atoms with van der Waals surface area (Å²) in [7, 11) is 0. The lowest BCUT2D eigenvalue weighted by Crippen LogP contribution is -2.20. The van der Waals surface area contributed by atoms with Gasteiger partial charge in [-0.3, -0.25) is 4.98 Å². The molecule has 6 heteroatoms. The summed E-state index contributed by atoms with van der Waals surface area (Å²) in [6, 6.07) is 13.7. The Balaban J connectivity index is 1.66. The number of benzene rings is 2. The zero-order valence-electron chi connectivity index (χ0n) is 14.5. The van der Waals surface area contributed by atoms with Gasteiger partial charge in [0.2, 0.25) is 0 Å². The molecule has 0 radical (unpaired) electrons. The van der Waals surface area contributed by atoms with Gasteiger partial charge < -0.3 is 10.1 Å². The van der Waals surface area contributed by atoms with Crippen molar-refractivity contribution in [3.63, 3.8) is 0 Å². The molecule has 1 aliphatic rings. The van der Waals surface area contributed by atoms with Crippen LogP contribution in [0.25, 0.3) is 0 Å². The van der Waals surface area contributed by atoms with Gasteiger partial charge in [-0.05, 0) is 35.9 Å². The molecule has 1 N–H and O–H groups in total. The van der Waals surface area contributed by atoms with E-state index in [1.165, 1.54) is 6.07 Å². The number of nitrogens with zero attached hydrogens (tertiary/aromatic N) is 1. The summed E-state index contributed by atoms with van der Waals surface area (Å²) in [5.74, 6) is 4.58. The standard InChI is InChI=1S/C22H14F2N2O2/c23-17-8-9-18(19(24)11-17)21-20(26-22(27)28-21)16-10-15(12-25-13-16)7-6-14-4-2-1-3-5-14/h1-5,8-13,20-21H,(H,26,27)/t20-,21-/m1/s1. The molecule has 0 unspecified atom stereocenters. The zero-order valence-corrected chi connectivity index (χ0v) is 14.5. The van der Waals surface area contributed by atoms with Crippen LogP contribution in [0.1, 0.15) is 34.4 Å². The fraction of sp³-hybridized carbons (Fsp3) is 0.0909. The van der Waals surface area contributed by atoms with Gasteiger partial charge in [-0.25, -0.2) is 13.6 Å². The Morgan fingerprint density at radius 2 is 1.75 bits per heavy atom. The van der Waals surface area contributed by atoms with Gasteiger partial charge in [-0.1, -0.05) is 30.0 Å². The summed E-state index contributed by atoms with van der Waals surface area (Å²) >= 11 is 0. The lowest BCUT2D eigenvalue weighted by molar-refractivity contribution is 0.130. The van der Waals surface area contributed by atoms with Crippen LogP contribution in [-0.2, 0) is 4.74 Å². The summed E-state index contributed by atoms with van der Waals surface area (Å²) in [6.07, 6.45) is 1.54. The molecular formula is C22H14F2N2O2. The Kier molecular flexibility index (Phi) is 4.73. The maximum Gasteiger partial charge on any atom is 0.408 e. The molecule has 0 bridgehead atoms. The summed E-state index contributed by atoms with van der Waals surface area (Å²) < 4.78 is 32.7. The average molecular weight is 376 g/mol. The molecule has 1 fully saturated rings. The van der Waals surface area contributed by atoms with Crippen LogP contribution >= 0.6 is 0 Å². The Bertz CT molecular complexity index is 1090. The van der Waals surface area contributed by atoms with Crippen molar-refractivity contribution in [3.05, 3.63) is 101 Å². The summed E-state index contributed by atoms with van der Waals surface area (Å²) in [5.41, 5.74) is 2.20. The molecule has 4 nitrogen and oxygen atoms in total. The lowest BCUT2D eigenvalue weighted by atomic mass is 9.96. The highest BCUT2D eigenvalue weighted by atomic mass is 19.1. The molecule has 2 atom stereocenters. The molecule has 2 aromatic carbocycles. The minimum Gasteiger partial charge on any atom is -0.439 e. The highest BCUT2D eigenvalue weighted by Gasteiger charge is 2.38. The largest absolute Gasteiger partial charge is 0.439 e. The maximum absolute atomic E-state index is 14.2. The van der Waals surface area contributed by atoms with Gasteiger partial charge >= 0.3 is 6.09 Å². The minimum atomic E-state index is -0.938. The van der Waals surface area contributed by atoms with Crippen molar-refractivity contribution < 1.29 is 18.3 Å². The van der Waals surface area contributed by atoms with Crippen molar-refractivity contribution in [2.24, 2.45) is 0 Å². The SMILES string of the molecule is O=C1N[C@H](c2cncc(C#Cc3ccccc3)c2)[C@@H](c2ccc(F)cc2F)O1. The third kappa shape index (κ3) is 3.69. The summed E-state index contributed by atoms with van der Waals surface area (Å²) in [4.78, 5) is 16.0. The summed E-state index contributed by atoms with van der Waals surface area (Å²) in [6.45, 7) is 0. The van der Waals surface area contributed by atoms with Gasteiger partial charge in [-0.2, -0.15) is 0 Å². The van der Waals surface area contributed by atoms with Gasteiger partial charge in [0.1, 0.15) is 17.7 Å². The number of pyridine rings is 1. The van der Waals surface area contributed by atoms with Gasteiger partial charge in [0.05, 0.1) is 0 Å². The lowest BCUT2D eigenvalue weighted by Gasteiger charge is -2.18. The fourth-order valence-corrected chi connectivity index (χ4v) is 3.02. The predicted molar refractivity (Wildman–Crippen MR) is 98.1 cm³/mol. The number of aromatic nitrogens is 1. The van der Waals surface area contributed by atoms with E-state index in [0.29, 0.717) is 11.1 Å². The maximum atomic E-state index is 14.2. The molecule has 1 aliphatic heterocycles. The topological polar surface area (TPSA) is 51.2 Å². The number of carbonyl (C=O) groups excluding carboxylic acids is 1. The van der Waals surface area contributed by atoms with Crippen LogP contribution in [0.5, 0.6) is 0 Å². The molecular weight excluding hydrogens is 362 g/mol. The first kappa shape index (κ1) is 17.7. The van der Waals surface area contributed by atoms with Crippen LogP contribution in [-0.4, -0.2) is 11.1 Å². The first-order valence-corrected chi connectivity index (χ1v) is 8.54. The van der Waals surface area contributed by atoms with E-state index in [2.05, 4.69) is 22.1 Å². The molecule has 4 rings (SSSR count). The van der Waals surface area contributed by atoms with Crippen molar-refractivity contribution in [2.45, 2.75) is 12.1 Å². The van der Waals surface area contributed by atoms with Crippen LogP contribution in [0.4, 0.5) is 13.6 Å². The van der Waals surface area contributed by atoms with E-state index in [4.69, 9.17) is 4.74 Å². The molecule has 0 aliphatic carbocycles. The Hall–Kier alpha value is -3.72. The molecule has 138 valence electrons. The van der Waals surface area contributed by atoms with Crippen LogP contribution in [0.3, 0.4) is 0 Å². The van der Waals surface area contributed by atoms with E-state index in [9.17, 15) is 13.6 Å². The number of ether oxygens (including phenoxy) is 1. The molecule has 0 spiro atoms. The van der Waals surface area contributed by atoms with E-state index in [-0.39, 0.29) is 5.56 Å². The van der Waals surface area contributed by atoms with Gasteiger partial charge in [0.25, 0.3) is 0 Å². The predicted octanol–water partition coefficient (Wildman–Crippen LogP) is 4.28. The molecule has 3 aromatic rings. The van der Waals surface area contributed by atoms with E-state index in [0.717, 1.165) is 17.7 Å². The Morgan fingerprint density at radius 1 is 0.964 bits per heavy atom. The molecule has 1 saturated heterocycles. The number of cyclic esters (lactones) is 1. The third-order valence-electron chi connectivity index (χ3n) is 4.32. The number of alkyl carbamates (subject to hydrolysis) is 1. The number of nitrogens with one attached hydrogen (secondary N) is 1. The molecule has 2 heterocycles. The zero-order chi connectivity index (χ0) is 19.5. The number of amides is 1. The van der Waals surface area contributed by atoms with E-state index >= 15 is 0 Å². The van der Waals surface area contributed by atoms with Crippen LogP contribution < -0.4 is 5.32 Å². The van der Waals surface area contributed by atoms with Crippen molar-refractivity contribution in [1.82, 2.24) is 10.3 Å². The normalized spacial score (nSPS) is 18.0. The Labute approximate surface area is 160 Å². The fourth-order valence-electron chi connectivity index (χ4n) is 3.02. The number of hydrogen-bond acceptors (Lipinski definition) is 3. The van der Waals surface area contributed by atoms with Crippen LogP contribution in [0.2, 0.25) is 0 Å². The highest BCUT2D eigenvalue weighted by molar-refractivity contribution is 5.71. The molecule has 28 heavy (non-hydrogen) atoms. The van der Waals surface area contributed by atoms with E-state index in [1.54, 1.807) is 18.5 Å². The van der Waals surface area contributed by atoms with Gasteiger partial charge in [0, 0.05) is 35.2 Å². The van der Waals surface area contributed by atoms with Gasteiger partial charge in [-0.15, -0.1) is 0 Å². The minimum absolute atomic E-state index is 0.0884. The van der Waals surface area contributed by atoms with Gasteiger partial charge in [0.15, 0.2) is 6.10 Å². The molecule has 1 aromatic heterocycles. The first-order chi connectivity index (χ1) is 13.6. The number of halogens is 2. The van der Waals surface area contributed by atoms with E-state index in [1.807, 2.05) is 30.3 Å². The van der Waals surface area contributed by atoms with Crippen molar-refractivity contribution in [2.75, 3.05) is 0 Å². The quantitative estimate of drug-likeness (QED) is 0.679. The third-order valence-corrected chi connectivity index (χ3v) is 4.32. The average Bonchev–Trinajstić information content (AvgIpc) is 3.09. The van der Waals surface area contributed by atoms with Crippen LogP contribution in [0.15, 0.2) is 67.0 Å². The second-order valence-corrected chi connectivity index (χ2v) is 6.24. The van der Waals surface area contributed by atoms with E-state index < -0.39 is 29.9 Å². The Morgan fingerprint density at radius 3 is 2.54 bits per heavy atom. The summed E-state index contributed by atoms with van der Waals surface area (Å²) in [5, 5.41) is 2.65. The smallest absolute Gasteiger partial charge is 0.408 e.